The summed E-state index contributed by atoms with van der Waals surface area (Å²) in [5.41, 5.74) is 3.32. The lowest BCUT2D eigenvalue weighted by Gasteiger charge is -2.31. The number of piperidine rings is 1. The van der Waals surface area contributed by atoms with Gasteiger partial charge in [-0.15, -0.1) is 0 Å². The normalized spacial score (nSPS) is 17.0. The van der Waals surface area contributed by atoms with Gasteiger partial charge in [0.2, 0.25) is 5.91 Å². The van der Waals surface area contributed by atoms with Gasteiger partial charge >= 0.3 is 5.97 Å². The summed E-state index contributed by atoms with van der Waals surface area (Å²) in [6, 6.07) is 20.5. The number of carboxylic acids is 1. The van der Waals surface area contributed by atoms with E-state index in [9.17, 15) is 14.7 Å². The monoisotopic (exact) mass is 376 g/mol. The van der Waals surface area contributed by atoms with Crippen molar-refractivity contribution in [3.63, 3.8) is 0 Å². The van der Waals surface area contributed by atoms with E-state index in [0.717, 1.165) is 28.6 Å². The van der Waals surface area contributed by atoms with E-state index >= 15 is 0 Å². The Kier molecular flexibility index (Phi) is 5.15. The van der Waals surface area contributed by atoms with Gasteiger partial charge < -0.3 is 14.6 Å². The van der Waals surface area contributed by atoms with Crippen molar-refractivity contribution < 1.29 is 14.7 Å². The van der Waals surface area contributed by atoms with Crippen LogP contribution in [-0.2, 0) is 16.1 Å². The number of benzene rings is 2. The molecule has 1 aliphatic rings. The molecule has 1 amide bonds. The summed E-state index contributed by atoms with van der Waals surface area (Å²) in [6.45, 7) is 1.55. The van der Waals surface area contributed by atoms with Gasteiger partial charge in [0.05, 0.1) is 5.92 Å². The first-order valence-electron chi connectivity index (χ1n) is 9.78. The van der Waals surface area contributed by atoms with Gasteiger partial charge in [0, 0.05) is 42.7 Å². The Morgan fingerprint density at radius 2 is 1.79 bits per heavy atom. The third-order valence-electron chi connectivity index (χ3n) is 5.55. The number of carbonyl (C=O) groups is 2. The Labute approximate surface area is 164 Å². The molecule has 4 rings (SSSR count). The van der Waals surface area contributed by atoms with Gasteiger partial charge in [0.1, 0.15) is 0 Å². The summed E-state index contributed by atoms with van der Waals surface area (Å²) in [4.78, 5) is 25.8. The fourth-order valence-electron chi connectivity index (χ4n) is 4.07. The highest BCUT2D eigenvalue weighted by atomic mass is 16.4. The SMILES string of the molecule is O=C(O)[C@H]1CCCN(C(=O)CCn2c(-c3ccccc3)cc3ccccc32)C1. The molecule has 0 bridgehead atoms. The zero-order valence-corrected chi connectivity index (χ0v) is 15.8. The molecule has 2 aromatic carbocycles. The minimum absolute atomic E-state index is 0.0303. The Hall–Kier alpha value is -3.08. The van der Waals surface area contributed by atoms with Crippen LogP contribution in [0.4, 0.5) is 0 Å². The lowest BCUT2D eigenvalue weighted by atomic mass is 9.98. The number of hydrogen-bond donors (Lipinski definition) is 1. The van der Waals surface area contributed by atoms with Crippen LogP contribution in [0.5, 0.6) is 0 Å². The average Bonchev–Trinajstić information content (AvgIpc) is 3.11. The van der Waals surface area contributed by atoms with Crippen LogP contribution in [0, 0.1) is 5.92 Å². The number of aliphatic carboxylic acids is 1. The van der Waals surface area contributed by atoms with E-state index in [1.807, 2.05) is 30.3 Å². The molecule has 1 atom stereocenters. The zero-order chi connectivity index (χ0) is 19.5. The molecule has 0 aliphatic carbocycles. The lowest BCUT2D eigenvalue weighted by Crippen LogP contribution is -2.42. The summed E-state index contributed by atoms with van der Waals surface area (Å²) >= 11 is 0. The predicted octanol–water partition coefficient (Wildman–Crippen LogP) is 4.02. The molecule has 5 nitrogen and oxygen atoms in total. The van der Waals surface area contributed by atoms with E-state index in [2.05, 4.69) is 34.9 Å². The van der Waals surface area contributed by atoms with Crippen molar-refractivity contribution in [3.05, 3.63) is 60.7 Å². The minimum atomic E-state index is -0.805. The van der Waals surface area contributed by atoms with Gasteiger partial charge in [-0.25, -0.2) is 0 Å². The van der Waals surface area contributed by atoms with E-state index in [-0.39, 0.29) is 5.91 Å². The Balaban J connectivity index is 1.56. The first kappa shape index (κ1) is 18.3. The van der Waals surface area contributed by atoms with E-state index in [4.69, 9.17) is 0 Å². The number of hydrogen-bond acceptors (Lipinski definition) is 2. The molecule has 0 unspecified atom stereocenters. The van der Waals surface area contributed by atoms with Gasteiger partial charge in [-0.3, -0.25) is 9.59 Å². The van der Waals surface area contributed by atoms with Crippen LogP contribution in [0.3, 0.4) is 0 Å². The zero-order valence-electron chi connectivity index (χ0n) is 15.8. The predicted molar refractivity (Wildman–Crippen MR) is 109 cm³/mol. The summed E-state index contributed by atoms with van der Waals surface area (Å²) in [7, 11) is 0. The van der Waals surface area contributed by atoms with Crippen LogP contribution in [0.1, 0.15) is 19.3 Å². The highest BCUT2D eigenvalue weighted by Crippen LogP contribution is 2.28. The Bertz CT molecular complexity index is 994. The maximum absolute atomic E-state index is 12.8. The van der Waals surface area contributed by atoms with Gasteiger partial charge in [0.25, 0.3) is 0 Å². The molecule has 144 valence electrons. The van der Waals surface area contributed by atoms with Crippen LogP contribution < -0.4 is 0 Å². The number of carboxylic acid groups (broad SMARTS) is 1. The summed E-state index contributed by atoms with van der Waals surface area (Å²) < 4.78 is 2.20. The highest BCUT2D eigenvalue weighted by Gasteiger charge is 2.28. The molecule has 1 aromatic heterocycles. The number of para-hydroxylation sites is 1. The van der Waals surface area contributed by atoms with Crippen LogP contribution in [-0.4, -0.2) is 39.5 Å². The molecule has 1 N–H and O–H groups in total. The molecular formula is C23H24N2O3. The number of carbonyl (C=O) groups excluding carboxylic acids is 1. The third kappa shape index (κ3) is 3.65. The maximum Gasteiger partial charge on any atom is 0.308 e. The average molecular weight is 376 g/mol. The van der Waals surface area contributed by atoms with Gasteiger partial charge in [-0.1, -0.05) is 48.5 Å². The van der Waals surface area contributed by atoms with Gasteiger partial charge in [0.15, 0.2) is 0 Å². The standard InChI is InChI=1S/C23H24N2O3/c26-22(24-13-6-10-19(16-24)23(27)28)12-14-25-20-11-5-4-9-18(20)15-21(25)17-7-2-1-3-8-17/h1-5,7-9,11,15,19H,6,10,12-14,16H2,(H,27,28)/t19-/m0/s1. The molecule has 0 saturated carbocycles. The molecule has 3 aromatic rings. The largest absolute Gasteiger partial charge is 0.481 e. The number of nitrogens with zero attached hydrogens (tertiary/aromatic N) is 2. The van der Waals surface area contributed by atoms with Crippen LogP contribution in [0.15, 0.2) is 60.7 Å². The molecule has 0 radical (unpaired) electrons. The van der Waals surface area contributed by atoms with E-state index in [1.165, 1.54) is 0 Å². The fraction of sp³-hybridized carbons (Fsp3) is 0.304. The van der Waals surface area contributed by atoms with Gasteiger partial charge in [-0.2, -0.15) is 0 Å². The number of aromatic nitrogens is 1. The van der Waals surface area contributed by atoms with Crippen molar-refractivity contribution >= 4 is 22.8 Å². The molecule has 1 fully saturated rings. The lowest BCUT2D eigenvalue weighted by molar-refractivity contribution is -0.145. The number of amides is 1. The summed E-state index contributed by atoms with van der Waals surface area (Å²) in [5.74, 6) is -1.21. The van der Waals surface area contributed by atoms with Crippen LogP contribution in [0.25, 0.3) is 22.2 Å². The molecule has 5 heteroatoms. The van der Waals surface area contributed by atoms with E-state index in [0.29, 0.717) is 32.5 Å². The molecule has 28 heavy (non-hydrogen) atoms. The maximum atomic E-state index is 12.8. The number of likely N-dealkylation sites (tertiary alicyclic amines) is 1. The van der Waals surface area contributed by atoms with Crippen molar-refractivity contribution in [1.82, 2.24) is 9.47 Å². The van der Waals surface area contributed by atoms with Crippen LogP contribution in [0.2, 0.25) is 0 Å². The fourth-order valence-corrected chi connectivity index (χ4v) is 4.07. The second-order valence-electron chi connectivity index (χ2n) is 7.37. The molecule has 1 aliphatic heterocycles. The van der Waals surface area contributed by atoms with Crippen molar-refractivity contribution in [2.75, 3.05) is 13.1 Å². The molecule has 1 saturated heterocycles. The smallest absolute Gasteiger partial charge is 0.308 e. The first-order valence-corrected chi connectivity index (χ1v) is 9.78. The topological polar surface area (TPSA) is 62.5 Å². The second-order valence-corrected chi connectivity index (χ2v) is 7.37. The molecular weight excluding hydrogens is 352 g/mol. The molecule has 0 spiro atoms. The van der Waals surface area contributed by atoms with Crippen molar-refractivity contribution in [1.29, 1.82) is 0 Å². The summed E-state index contributed by atoms with van der Waals surface area (Å²) in [5, 5.41) is 10.4. The number of fused-ring (bicyclic) bond motifs is 1. The van der Waals surface area contributed by atoms with Gasteiger partial charge in [-0.05, 0) is 30.5 Å². The van der Waals surface area contributed by atoms with Crippen LogP contribution >= 0.6 is 0 Å². The van der Waals surface area contributed by atoms with Crippen molar-refractivity contribution in [2.45, 2.75) is 25.8 Å². The third-order valence-corrected chi connectivity index (χ3v) is 5.55. The minimum Gasteiger partial charge on any atom is -0.481 e. The van der Waals surface area contributed by atoms with Crippen molar-refractivity contribution in [2.24, 2.45) is 5.92 Å². The van der Waals surface area contributed by atoms with E-state index in [1.54, 1.807) is 4.90 Å². The molecule has 2 heterocycles. The number of rotatable bonds is 5. The Morgan fingerprint density at radius 3 is 2.57 bits per heavy atom. The Morgan fingerprint density at radius 1 is 1.04 bits per heavy atom. The van der Waals surface area contributed by atoms with Crippen molar-refractivity contribution in [3.8, 4) is 11.3 Å². The number of aryl methyl sites for hydroxylation is 1. The highest BCUT2D eigenvalue weighted by molar-refractivity contribution is 5.87. The quantitative estimate of drug-likeness (QED) is 0.731. The first-order chi connectivity index (χ1) is 13.6. The van der Waals surface area contributed by atoms with E-state index < -0.39 is 11.9 Å². The second kappa shape index (κ2) is 7.89. The summed E-state index contributed by atoms with van der Waals surface area (Å²) in [6.07, 6.45) is 1.77.